The van der Waals surface area contributed by atoms with Crippen molar-refractivity contribution in [3.8, 4) is 0 Å². The fourth-order valence-corrected chi connectivity index (χ4v) is 2.47. The van der Waals surface area contributed by atoms with E-state index in [2.05, 4.69) is 17.0 Å². The number of methoxy groups -OCH3 is 1. The molecule has 104 valence electrons. The summed E-state index contributed by atoms with van der Waals surface area (Å²) in [6, 6.07) is 0.309. The van der Waals surface area contributed by atoms with Crippen LogP contribution in [0.1, 0.15) is 58.3 Å². The van der Waals surface area contributed by atoms with Crippen LogP contribution in [0.25, 0.3) is 0 Å². The third-order valence-electron chi connectivity index (χ3n) is 3.65. The predicted molar refractivity (Wildman–Crippen MR) is 70.0 cm³/mol. The second-order valence-corrected chi connectivity index (χ2v) is 5.17. The van der Waals surface area contributed by atoms with Gasteiger partial charge in [-0.3, -0.25) is 9.59 Å². The summed E-state index contributed by atoms with van der Waals surface area (Å²) in [7, 11) is 1.43. The van der Waals surface area contributed by atoms with Crippen molar-refractivity contribution in [1.82, 2.24) is 5.32 Å². The number of carbonyl (C=O) groups excluding carboxylic acids is 2. The average Bonchev–Trinajstić information content (AvgIpc) is 2.38. The van der Waals surface area contributed by atoms with Gasteiger partial charge in [-0.2, -0.15) is 0 Å². The molecule has 1 fully saturated rings. The van der Waals surface area contributed by atoms with E-state index in [9.17, 15) is 9.59 Å². The summed E-state index contributed by atoms with van der Waals surface area (Å²) < 4.78 is 4.68. The van der Waals surface area contributed by atoms with E-state index in [1.807, 2.05) is 0 Å². The Bertz CT molecular complexity index is 270. The third-order valence-corrected chi connectivity index (χ3v) is 3.65. The molecule has 0 unspecified atom stereocenters. The lowest BCUT2D eigenvalue weighted by Crippen LogP contribution is -2.37. The van der Waals surface area contributed by atoms with Gasteiger partial charge >= 0.3 is 5.97 Å². The highest BCUT2D eigenvalue weighted by Gasteiger charge is 2.24. The minimum Gasteiger partial charge on any atom is -0.469 e. The van der Waals surface area contributed by atoms with E-state index in [0.29, 0.717) is 24.8 Å². The van der Waals surface area contributed by atoms with Crippen molar-refractivity contribution in [2.45, 2.75) is 64.3 Å². The molecule has 0 bridgehead atoms. The van der Waals surface area contributed by atoms with Crippen molar-refractivity contribution in [2.75, 3.05) is 7.11 Å². The maximum atomic E-state index is 11.6. The normalized spacial score (nSPS) is 23.4. The van der Waals surface area contributed by atoms with Gasteiger partial charge in [0.1, 0.15) is 0 Å². The highest BCUT2D eigenvalue weighted by atomic mass is 16.5. The molecule has 0 atom stereocenters. The van der Waals surface area contributed by atoms with E-state index >= 15 is 0 Å². The van der Waals surface area contributed by atoms with Crippen LogP contribution < -0.4 is 5.32 Å². The van der Waals surface area contributed by atoms with Crippen LogP contribution in [0.15, 0.2) is 0 Å². The van der Waals surface area contributed by atoms with Gasteiger partial charge in [-0.1, -0.05) is 13.3 Å². The molecule has 1 saturated carbocycles. The topological polar surface area (TPSA) is 55.4 Å². The first-order chi connectivity index (χ1) is 8.65. The molecule has 0 aliphatic heterocycles. The van der Waals surface area contributed by atoms with Gasteiger partial charge in [0.2, 0.25) is 5.91 Å². The van der Waals surface area contributed by atoms with Crippen molar-refractivity contribution < 1.29 is 14.3 Å². The lowest BCUT2D eigenvalue weighted by Gasteiger charge is -2.28. The molecule has 1 rings (SSSR count). The molecule has 0 spiro atoms. The molecular formula is C14H25NO3. The van der Waals surface area contributed by atoms with E-state index in [1.54, 1.807) is 0 Å². The molecule has 18 heavy (non-hydrogen) atoms. The number of esters is 1. The van der Waals surface area contributed by atoms with E-state index < -0.39 is 0 Å². The Morgan fingerprint density at radius 2 is 1.89 bits per heavy atom. The quantitative estimate of drug-likeness (QED) is 0.742. The molecule has 0 heterocycles. The first-order valence-electron chi connectivity index (χ1n) is 7.01. The Balaban J connectivity index is 2.18. The van der Waals surface area contributed by atoms with E-state index in [0.717, 1.165) is 38.5 Å². The molecule has 0 radical (unpaired) electrons. The minimum atomic E-state index is -0.120. The third kappa shape index (κ3) is 5.52. The van der Waals surface area contributed by atoms with Gasteiger partial charge in [0.15, 0.2) is 0 Å². The number of unbranched alkanes of at least 4 members (excludes halogenated alkanes) is 1. The van der Waals surface area contributed by atoms with Gasteiger partial charge in [-0.25, -0.2) is 0 Å². The van der Waals surface area contributed by atoms with E-state index in [4.69, 9.17) is 0 Å². The van der Waals surface area contributed by atoms with Crippen molar-refractivity contribution in [2.24, 2.45) is 5.92 Å². The van der Waals surface area contributed by atoms with Gasteiger partial charge in [0.05, 0.1) is 7.11 Å². The van der Waals surface area contributed by atoms with Crippen LogP contribution in [0.2, 0.25) is 0 Å². The number of nitrogens with one attached hydrogen (secondary N) is 1. The first-order valence-corrected chi connectivity index (χ1v) is 7.01. The summed E-state index contributed by atoms with van der Waals surface area (Å²) in [6.45, 7) is 2.09. The number of amides is 1. The van der Waals surface area contributed by atoms with Gasteiger partial charge in [-0.15, -0.1) is 0 Å². The summed E-state index contributed by atoms with van der Waals surface area (Å²) in [5.41, 5.74) is 0. The van der Waals surface area contributed by atoms with Crippen molar-refractivity contribution in [3.63, 3.8) is 0 Å². The van der Waals surface area contributed by atoms with Gasteiger partial charge in [0.25, 0.3) is 0 Å². The highest BCUT2D eigenvalue weighted by Crippen LogP contribution is 2.27. The van der Waals surface area contributed by atoms with Crippen LogP contribution in [-0.4, -0.2) is 25.0 Å². The summed E-state index contributed by atoms with van der Waals surface area (Å²) >= 11 is 0. The van der Waals surface area contributed by atoms with Crippen LogP contribution in [0.4, 0.5) is 0 Å². The zero-order valence-corrected chi connectivity index (χ0v) is 11.5. The zero-order valence-electron chi connectivity index (χ0n) is 11.5. The molecule has 0 aromatic carbocycles. The van der Waals surface area contributed by atoms with Crippen LogP contribution in [0.5, 0.6) is 0 Å². The van der Waals surface area contributed by atoms with Crippen molar-refractivity contribution in [3.05, 3.63) is 0 Å². The molecule has 0 saturated heterocycles. The molecular weight excluding hydrogens is 230 g/mol. The fourth-order valence-electron chi connectivity index (χ4n) is 2.47. The standard InChI is InChI=1S/C14H25NO3/c1-3-4-5-13(16)15-12-8-6-11(7-9-12)10-14(17)18-2/h11-12H,3-10H2,1-2H3,(H,15,16). The number of ether oxygens (including phenoxy) is 1. The van der Waals surface area contributed by atoms with Gasteiger partial charge in [0, 0.05) is 18.9 Å². The number of rotatable bonds is 6. The second kappa shape index (κ2) is 8.11. The van der Waals surface area contributed by atoms with Crippen LogP contribution in [0, 0.1) is 5.92 Å². The van der Waals surface area contributed by atoms with Gasteiger partial charge in [-0.05, 0) is 38.0 Å². The summed E-state index contributed by atoms with van der Waals surface area (Å²) in [4.78, 5) is 22.8. The maximum Gasteiger partial charge on any atom is 0.305 e. The average molecular weight is 255 g/mol. The van der Waals surface area contributed by atoms with Crippen molar-refractivity contribution in [1.29, 1.82) is 0 Å². The summed E-state index contributed by atoms with van der Waals surface area (Å²) in [5.74, 6) is 0.486. The van der Waals surface area contributed by atoms with Crippen LogP contribution >= 0.6 is 0 Å². The zero-order chi connectivity index (χ0) is 13.4. The molecule has 4 heteroatoms. The van der Waals surface area contributed by atoms with Crippen LogP contribution in [0.3, 0.4) is 0 Å². The first kappa shape index (κ1) is 15.0. The smallest absolute Gasteiger partial charge is 0.305 e. The second-order valence-electron chi connectivity index (χ2n) is 5.17. The molecule has 0 aromatic rings. The summed E-state index contributed by atoms with van der Waals surface area (Å²) in [6.07, 6.45) is 7.16. The SMILES string of the molecule is CCCCC(=O)NC1CCC(CC(=O)OC)CC1. The monoisotopic (exact) mass is 255 g/mol. The van der Waals surface area contributed by atoms with Gasteiger partial charge < -0.3 is 10.1 Å². The van der Waals surface area contributed by atoms with Crippen molar-refractivity contribution >= 4 is 11.9 Å². The van der Waals surface area contributed by atoms with Crippen LogP contribution in [-0.2, 0) is 14.3 Å². The fraction of sp³-hybridized carbons (Fsp3) is 0.857. The molecule has 4 nitrogen and oxygen atoms in total. The number of hydrogen-bond donors (Lipinski definition) is 1. The predicted octanol–water partition coefficient (Wildman–Crippen LogP) is 2.41. The maximum absolute atomic E-state index is 11.6. The minimum absolute atomic E-state index is 0.120. The Morgan fingerprint density at radius 1 is 1.22 bits per heavy atom. The molecule has 1 aliphatic carbocycles. The lowest BCUT2D eigenvalue weighted by molar-refractivity contribution is -0.142. The Hall–Kier alpha value is -1.06. The molecule has 1 aliphatic rings. The number of hydrogen-bond acceptors (Lipinski definition) is 3. The highest BCUT2D eigenvalue weighted by molar-refractivity contribution is 5.76. The molecule has 1 N–H and O–H groups in total. The Morgan fingerprint density at radius 3 is 2.44 bits per heavy atom. The Kier molecular flexibility index (Phi) is 6.76. The van der Waals surface area contributed by atoms with E-state index in [1.165, 1.54) is 7.11 Å². The number of carbonyl (C=O) groups is 2. The lowest BCUT2D eigenvalue weighted by atomic mass is 9.84. The molecule has 0 aromatic heterocycles. The molecule has 1 amide bonds. The Labute approximate surface area is 109 Å². The largest absolute Gasteiger partial charge is 0.469 e. The summed E-state index contributed by atoms with van der Waals surface area (Å²) in [5, 5.41) is 3.09. The van der Waals surface area contributed by atoms with E-state index in [-0.39, 0.29) is 11.9 Å².